The molecule has 0 atom stereocenters. The second-order valence-corrected chi connectivity index (χ2v) is 14.1. The average molecular weight is 805 g/mol. The molecule has 4 rings (SSSR count). The Morgan fingerprint density at radius 2 is 0.712 bits per heavy atom. The lowest BCUT2D eigenvalue weighted by molar-refractivity contribution is 0.305. The number of unbranched alkanes of at least 4 members (excludes halogenated alkanes) is 9. The maximum Gasteiger partial charge on any atom is 0.119 e. The van der Waals surface area contributed by atoms with E-state index in [-0.39, 0.29) is 0 Å². The number of hydrogen-bond acceptors (Lipinski definition) is 3. The van der Waals surface area contributed by atoms with Crippen LogP contribution in [-0.2, 0) is 0 Å². The van der Waals surface area contributed by atoms with Crippen LogP contribution in [0.5, 0.6) is 17.2 Å². The van der Waals surface area contributed by atoms with Gasteiger partial charge in [-0.3, -0.25) is 0 Å². The molecule has 0 aliphatic heterocycles. The minimum absolute atomic E-state index is 0.741. The highest BCUT2D eigenvalue weighted by Gasteiger charge is 2.06. The molecule has 270 valence electrons. The highest BCUT2D eigenvalue weighted by atomic mass is 127. The molecule has 4 aromatic carbocycles. The fourth-order valence-corrected chi connectivity index (χ4v) is 5.96. The zero-order valence-corrected chi connectivity index (χ0v) is 33.4. The van der Waals surface area contributed by atoms with Crippen molar-refractivity contribution in [3.63, 3.8) is 0 Å². The lowest BCUT2D eigenvalue weighted by Crippen LogP contribution is -1.97. The van der Waals surface area contributed by atoms with Gasteiger partial charge in [0.2, 0.25) is 0 Å². The molecule has 0 heterocycles. The molecule has 0 spiro atoms. The lowest BCUT2D eigenvalue weighted by Gasteiger charge is -2.06. The summed E-state index contributed by atoms with van der Waals surface area (Å²) in [6.07, 6.45) is 14.3. The number of halogens is 1. The topological polar surface area (TPSA) is 27.7 Å². The Labute approximate surface area is 327 Å². The first-order valence-electron chi connectivity index (χ1n) is 19.2. The van der Waals surface area contributed by atoms with Gasteiger partial charge in [0.25, 0.3) is 0 Å². The van der Waals surface area contributed by atoms with E-state index in [1.165, 1.54) is 57.8 Å². The number of ether oxygens (including phenoxy) is 3. The molecule has 0 unspecified atom stereocenters. The molecule has 0 saturated carbocycles. The van der Waals surface area contributed by atoms with Gasteiger partial charge in [0, 0.05) is 37.0 Å². The third-order valence-electron chi connectivity index (χ3n) is 8.49. The van der Waals surface area contributed by atoms with Gasteiger partial charge in [-0.05, 0) is 127 Å². The van der Waals surface area contributed by atoms with Crippen molar-refractivity contribution in [1.29, 1.82) is 0 Å². The standard InChI is InChI=1S/C48H53IO3/c1-4-7-10-13-34-50-45-28-19-39(20-29-45)16-25-42-37-44(27-18-41-23-32-47(33-24-41)52-36-15-12-9-6-3)48(49)38-43(42)26-17-40-21-30-46(31-22-40)51-35-14-11-8-5-2/h19-24,28-33,37-38H,4-15,34-36H2,1-3H3. The molecule has 0 amide bonds. The van der Waals surface area contributed by atoms with Crippen molar-refractivity contribution in [3.05, 3.63) is 122 Å². The SMILES string of the molecule is CCCCCCOc1ccc(C#Cc2cc(C#Cc3ccc(OCCCCCC)cc3)c(C#Cc3ccc(OCCCCCC)cc3)cc2I)cc1. The van der Waals surface area contributed by atoms with Crippen molar-refractivity contribution < 1.29 is 14.2 Å². The van der Waals surface area contributed by atoms with E-state index >= 15 is 0 Å². The smallest absolute Gasteiger partial charge is 0.119 e. The molecule has 3 nitrogen and oxygen atoms in total. The average Bonchev–Trinajstić information content (AvgIpc) is 3.17. The van der Waals surface area contributed by atoms with Gasteiger partial charge in [-0.1, -0.05) is 114 Å². The van der Waals surface area contributed by atoms with Crippen LogP contribution in [0.4, 0.5) is 0 Å². The lowest BCUT2D eigenvalue weighted by atomic mass is 10.0. The van der Waals surface area contributed by atoms with E-state index < -0.39 is 0 Å². The van der Waals surface area contributed by atoms with Gasteiger partial charge < -0.3 is 14.2 Å². The molecular weight excluding hydrogens is 751 g/mol. The minimum atomic E-state index is 0.741. The highest BCUT2D eigenvalue weighted by molar-refractivity contribution is 14.1. The number of hydrogen-bond donors (Lipinski definition) is 0. The molecule has 0 fully saturated rings. The fraction of sp³-hybridized carbons (Fsp3) is 0.375. The third kappa shape index (κ3) is 15.1. The Balaban J connectivity index is 1.52. The summed E-state index contributed by atoms with van der Waals surface area (Å²) < 4.78 is 18.8. The number of rotatable bonds is 18. The predicted molar refractivity (Wildman–Crippen MR) is 225 cm³/mol. The first-order valence-corrected chi connectivity index (χ1v) is 20.2. The molecule has 0 aromatic heterocycles. The summed E-state index contributed by atoms with van der Waals surface area (Å²) >= 11 is 2.35. The van der Waals surface area contributed by atoms with Gasteiger partial charge in [-0.25, -0.2) is 0 Å². The van der Waals surface area contributed by atoms with Crippen LogP contribution in [-0.4, -0.2) is 19.8 Å². The van der Waals surface area contributed by atoms with E-state index in [0.717, 1.165) is 93.3 Å². The Morgan fingerprint density at radius 3 is 1.06 bits per heavy atom. The molecule has 4 aromatic rings. The first-order chi connectivity index (χ1) is 25.6. The minimum Gasteiger partial charge on any atom is -0.494 e. The van der Waals surface area contributed by atoms with E-state index in [0.29, 0.717) is 0 Å². The molecule has 0 aliphatic carbocycles. The van der Waals surface area contributed by atoms with Crippen LogP contribution < -0.4 is 14.2 Å². The monoisotopic (exact) mass is 804 g/mol. The van der Waals surface area contributed by atoms with Crippen LogP contribution in [0.15, 0.2) is 84.9 Å². The van der Waals surface area contributed by atoms with Crippen molar-refractivity contribution in [3.8, 4) is 52.8 Å². The van der Waals surface area contributed by atoms with Gasteiger partial charge >= 0.3 is 0 Å². The summed E-state index contributed by atoms with van der Waals surface area (Å²) in [5.41, 5.74) is 5.40. The van der Waals surface area contributed by atoms with E-state index in [9.17, 15) is 0 Å². The van der Waals surface area contributed by atoms with Crippen LogP contribution in [0.2, 0.25) is 0 Å². The summed E-state index contributed by atoms with van der Waals surface area (Å²) in [5.74, 6) is 22.8. The van der Waals surface area contributed by atoms with Crippen LogP contribution in [0.25, 0.3) is 0 Å². The number of benzene rings is 4. The highest BCUT2D eigenvalue weighted by Crippen LogP contribution is 2.20. The van der Waals surface area contributed by atoms with Crippen molar-refractivity contribution in [2.24, 2.45) is 0 Å². The molecule has 0 aliphatic rings. The second kappa shape index (κ2) is 24.0. The molecule has 0 saturated heterocycles. The molecule has 0 N–H and O–H groups in total. The largest absolute Gasteiger partial charge is 0.494 e. The summed E-state index contributed by atoms with van der Waals surface area (Å²) in [4.78, 5) is 0. The summed E-state index contributed by atoms with van der Waals surface area (Å²) in [5, 5.41) is 0. The van der Waals surface area contributed by atoms with Crippen LogP contribution >= 0.6 is 22.6 Å². The van der Waals surface area contributed by atoms with E-state index in [1.807, 2.05) is 72.8 Å². The van der Waals surface area contributed by atoms with Gasteiger partial charge in [0.15, 0.2) is 0 Å². The molecule has 4 heteroatoms. The fourth-order valence-electron chi connectivity index (χ4n) is 5.35. The van der Waals surface area contributed by atoms with E-state index in [2.05, 4.69) is 91.0 Å². The molecule has 52 heavy (non-hydrogen) atoms. The Kier molecular flexibility index (Phi) is 18.7. The van der Waals surface area contributed by atoms with Crippen LogP contribution in [0.1, 0.15) is 131 Å². The summed E-state index contributed by atoms with van der Waals surface area (Å²) in [7, 11) is 0. The maximum absolute atomic E-state index is 5.94. The summed E-state index contributed by atoms with van der Waals surface area (Å²) in [6, 6.07) is 28.2. The van der Waals surface area contributed by atoms with Gasteiger partial charge in [0.1, 0.15) is 17.2 Å². The van der Waals surface area contributed by atoms with E-state index in [4.69, 9.17) is 14.2 Å². The molecule has 0 radical (unpaired) electrons. The second-order valence-electron chi connectivity index (χ2n) is 12.9. The van der Waals surface area contributed by atoms with Crippen molar-refractivity contribution >= 4 is 22.6 Å². The van der Waals surface area contributed by atoms with Crippen molar-refractivity contribution in [1.82, 2.24) is 0 Å². The third-order valence-corrected chi connectivity index (χ3v) is 9.39. The van der Waals surface area contributed by atoms with Gasteiger partial charge in [0.05, 0.1) is 19.8 Å². The van der Waals surface area contributed by atoms with Crippen molar-refractivity contribution in [2.45, 2.75) is 97.8 Å². The molecule has 0 bridgehead atoms. The Bertz CT molecular complexity index is 1820. The first kappa shape index (κ1) is 40.5. The summed E-state index contributed by atoms with van der Waals surface area (Å²) in [6.45, 7) is 8.90. The van der Waals surface area contributed by atoms with E-state index in [1.54, 1.807) is 0 Å². The zero-order valence-electron chi connectivity index (χ0n) is 31.3. The van der Waals surface area contributed by atoms with Gasteiger partial charge in [-0.15, -0.1) is 0 Å². The van der Waals surface area contributed by atoms with Crippen molar-refractivity contribution in [2.75, 3.05) is 19.8 Å². The van der Waals surface area contributed by atoms with Crippen LogP contribution in [0, 0.1) is 39.1 Å². The maximum atomic E-state index is 5.94. The normalized spacial score (nSPS) is 10.2. The zero-order chi connectivity index (χ0) is 36.6. The quantitative estimate of drug-likeness (QED) is 0.0570. The van der Waals surface area contributed by atoms with Crippen LogP contribution in [0.3, 0.4) is 0 Å². The molecular formula is C48H53IO3. The predicted octanol–water partition coefficient (Wildman–Crippen LogP) is 12.4. The Morgan fingerprint density at radius 1 is 0.385 bits per heavy atom. The Hall–Kier alpha value is -4.31. The van der Waals surface area contributed by atoms with Gasteiger partial charge in [-0.2, -0.15) is 0 Å².